The van der Waals surface area contributed by atoms with Crippen molar-refractivity contribution in [3.05, 3.63) is 52.9 Å². The highest BCUT2D eigenvalue weighted by Crippen LogP contribution is 2.29. The van der Waals surface area contributed by atoms with Crippen LogP contribution in [0.25, 0.3) is 11.0 Å². The number of anilines is 1. The number of hydrogen-bond donors (Lipinski definition) is 1. The lowest BCUT2D eigenvalue weighted by Gasteiger charge is -2.12. The summed E-state index contributed by atoms with van der Waals surface area (Å²) in [6.07, 6.45) is 0.358. The van der Waals surface area contributed by atoms with Crippen molar-refractivity contribution in [2.75, 3.05) is 12.4 Å². The van der Waals surface area contributed by atoms with Gasteiger partial charge in [0.2, 0.25) is 5.76 Å². The molecule has 0 aliphatic rings. The van der Waals surface area contributed by atoms with Gasteiger partial charge in [-0.25, -0.2) is 9.78 Å². The lowest BCUT2D eigenvalue weighted by Crippen LogP contribution is -2.30. The Bertz CT molecular complexity index is 997. The smallest absolute Gasteiger partial charge is 0.375 e. The summed E-state index contributed by atoms with van der Waals surface area (Å²) < 4.78 is 16.0. The highest BCUT2D eigenvalue weighted by Gasteiger charge is 2.24. The summed E-state index contributed by atoms with van der Waals surface area (Å²) in [4.78, 5) is 28.6. The molecule has 2 aromatic heterocycles. The fourth-order valence-corrected chi connectivity index (χ4v) is 2.58. The average molecular weight is 389 g/mol. The molecule has 0 unspecified atom stereocenters. The zero-order valence-electron chi connectivity index (χ0n) is 14.9. The van der Waals surface area contributed by atoms with Crippen molar-refractivity contribution in [1.29, 1.82) is 0 Å². The minimum absolute atomic E-state index is 0.0440. The summed E-state index contributed by atoms with van der Waals surface area (Å²) in [5.41, 5.74) is 1.14. The van der Waals surface area contributed by atoms with Gasteiger partial charge in [-0.05, 0) is 44.2 Å². The van der Waals surface area contributed by atoms with Crippen molar-refractivity contribution in [3.8, 4) is 5.75 Å². The molecule has 3 rings (SSSR count). The zero-order valence-corrected chi connectivity index (χ0v) is 15.7. The van der Waals surface area contributed by atoms with Crippen LogP contribution in [0, 0.1) is 6.92 Å². The zero-order chi connectivity index (χ0) is 19.6. The van der Waals surface area contributed by atoms with E-state index in [9.17, 15) is 9.59 Å². The predicted octanol–water partition coefficient (Wildman–Crippen LogP) is 3.98. The number of amides is 1. The van der Waals surface area contributed by atoms with Crippen molar-refractivity contribution in [1.82, 2.24) is 4.98 Å². The van der Waals surface area contributed by atoms with Gasteiger partial charge in [0.05, 0.1) is 12.1 Å². The normalized spacial score (nSPS) is 11.9. The number of carbonyl (C=O) groups excluding carboxylic acids is 2. The fraction of sp³-hybridized carbons (Fsp3) is 0.211. The maximum absolute atomic E-state index is 12.4. The van der Waals surface area contributed by atoms with E-state index in [2.05, 4.69) is 10.3 Å². The molecule has 0 aliphatic carbocycles. The van der Waals surface area contributed by atoms with Crippen LogP contribution < -0.4 is 10.1 Å². The van der Waals surface area contributed by atoms with E-state index in [0.29, 0.717) is 27.7 Å². The Balaban J connectivity index is 1.72. The maximum Gasteiger partial charge on any atom is 0.375 e. The second kappa shape index (κ2) is 7.67. The van der Waals surface area contributed by atoms with Gasteiger partial charge in [0.1, 0.15) is 17.2 Å². The molecule has 2 heterocycles. The third-order valence-corrected chi connectivity index (χ3v) is 4.18. The first-order chi connectivity index (χ1) is 12.9. The number of hydrogen-bond acceptors (Lipinski definition) is 6. The number of nitrogens with one attached hydrogen (secondary N) is 1. The molecule has 8 heteroatoms. The second-order valence-electron chi connectivity index (χ2n) is 5.82. The maximum atomic E-state index is 12.4. The van der Waals surface area contributed by atoms with Crippen LogP contribution in [-0.4, -0.2) is 30.1 Å². The molecule has 1 N–H and O–H groups in total. The molecule has 0 aliphatic heterocycles. The Labute approximate surface area is 160 Å². The van der Waals surface area contributed by atoms with Crippen LogP contribution in [0.3, 0.4) is 0 Å². The highest BCUT2D eigenvalue weighted by molar-refractivity contribution is 6.30. The van der Waals surface area contributed by atoms with E-state index in [0.717, 1.165) is 5.39 Å². The van der Waals surface area contributed by atoms with E-state index in [1.54, 1.807) is 44.4 Å². The van der Waals surface area contributed by atoms with Crippen molar-refractivity contribution in [2.24, 2.45) is 0 Å². The van der Waals surface area contributed by atoms with E-state index in [1.807, 2.05) is 0 Å². The monoisotopic (exact) mass is 388 g/mol. The number of benzene rings is 1. The summed E-state index contributed by atoms with van der Waals surface area (Å²) in [5, 5.41) is 3.74. The Kier molecular flexibility index (Phi) is 5.32. The van der Waals surface area contributed by atoms with E-state index < -0.39 is 18.0 Å². The summed E-state index contributed by atoms with van der Waals surface area (Å²) >= 11 is 5.75. The molecule has 0 saturated carbocycles. The third kappa shape index (κ3) is 4.03. The van der Waals surface area contributed by atoms with Crippen molar-refractivity contribution >= 4 is 40.3 Å². The summed E-state index contributed by atoms with van der Waals surface area (Å²) in [6.45, 7) is 3.20. The van der Waals surface area contributed by atoms with Gasteiger partial charge in [0, 0.05) is 17.1 Å². The van der Waals surface area contributed by atoms with Gasteiger partial charge in [-0.1, -0.05) is 11.6 Å². The Morgan fingerprint density at radius 3 is 2.70 bits per heavy atom. The standard InChI is InChI=1S/C19H17ClN2O5/c1-10-14-8-13(25-3)5-6-15(14)27-17(10)19(24)26-11(2)18(23)22-16-7-4-12(20)9-21-16/h4-9,11H,1-3H3,(H,21,22,23)/t11-/m0/s1. The van der Waals surface area contributed by atoms with Crippen LogP contribution in [0.1, 0.15) is 23.0 Å². The topological polar surface area (TPSA) is 90.7 Å². The number of furan rings is 1. The largest absolute Gasteiger partial charge is 0.497 e. The molecule has 0 saturated heterocycles. The number of pyridine rings is 1. The number of ether oxygens (including phenoxy) is 2. The minimum Gasteiger partial charge on any atom is -0.497 e. The fourth-order valence-electron chi connectivity index (χ4n) is 2.47. The quantitative estimate of drug-likeness (QED) is 0.665. The van der Waals surface area contributed by atoms with Gasteiger partial charge < -0.3 is 19.2 Å². The molecular formula is C19H17ClN2O5. The summed E-state index contributed by atoms with van der Waals surface area (Å²) in [7, 11) is 1.56. The van der Waals surface area contributed by atoms with Crippen molar-refractivity contribution < 1.29 is 23.5 Å². The first-order valence-corrected chi connectivity index (χ1v) is 8.47. The molecule has 140 valence electrons. The minimum atomic E-state index is -1.04. The van der Waals surface area contributed by atoms with Crippen LogP contribution in [0.4, 0.5) is 5.82 Å². The average Bonchev–Trinajstić information content (AvgIpc) is 2.99. The summed E-state index contributed by atoms with van der Waals surface area (Å²) in [6, 6.07) is 8.35. The first-order valence-electron chi connectivity index (χ1n) is 8.09. The molecular weight excluding hydrogens is 372 g/mol. The highest BCUT2D eigenvalue weighted by atomic mass is 35.5. The van der Waals surface area contributed by atoms with Gasteiger partial charge >= 0.3 is 5.97 Å². The first kappa shape index (κ1) is 18.7. The lowest BCUT2D eigenvalue weighted by atomic mass is 10.1. The molecule has 0 fully saturated rings. The number of carbonyl (C=O) groups is 2. The van der Waals surface area contributed by atoms with Gasteiger partial charge in [0.25, 0.3) is 5.91 Å². The third-order valence-electron chi connectivity index (χ3n) is 3.96. The molecule has 0 spiro atoms. The van der Waals surface area contributed by atoms with Crippen LogP contribution in [0.5, 0.6) is 5.75 Å². The number of esters is 1. The molecule has 3 aromatic rings. The predicted molar refractivity (Wildman–Crippen MR) is 100 cm³/mol. The van der Waals surface area contributed by atoms with Gasteiger partial charge in [-0.2, -0.15) is 0 Å². The number of nitrogens with zero attached hydrogens (tertiary/aromatic N) is 1. The van der Waals surface area contributed by atoms with Crippen LogP contribution in [-0.2, 0) is 9.53 Å². The van der Waals surface area contributed by atoms with E-state index >= 15 is 0 Å². The second-order valence-corrected chi connectivity index (χ2v) is 6.25. The van der Waals surface area contributed by atoms with Crippen LogP contribution in [0.15, 0.2) is 40.9 Å². The number of rotatable bonds is 5. The van der Waals surface area contributed by atoms with Gasteiger partial charge in [-0.3, -0.25) is 4.79 Å². The molecule has 1 aromatic carbocycles. The van der Waals surface area contributed by atoms with Crippen LogP contribution >= 0.6 is 11.6 Å². The van der Waals surface area contributed by atoms with Crippen molar-refractivity contribution in [3.63, 3.8) is 0 Å². The van der Waals surface area contributed by atoms with E-state index in [4.69, 9.17) is 25.5 Å². The number of aromatic nitrogens is 1. The lowest BCUT2D eigenvalue weighted by molar-refractivity contribution is -0.123. The van der Waals surface area contributed by atoms with E-state index in [-0.39, 0.29) is 5.76 Å². The number of aryl methyl sites for hydroxylation is 1. The Morgan fingerprint density at radius 1 is 1.26 bits per heavy atom. The van der Waals surface area contributed by atoms with Gasteiger partial charge in [0.15, 0.2) is 6.10 Å². The molecule has 0 radical (unpaired) electrons. The Morgan fingerprint density at radius 2 is 2.04 bits per heavy atom. The SMILES string of the molecule is COc1ccc2oc(C(=O)O[C@@H](C)C(=O)Nc3ccc(Cl)cn3)c(C)c2c1. The summed E-state index contributed by atoms with van der Waals surface area (Å²) in [5.74, 6) is -0.251. The molecule has 27 heavy (non-hydrogen) atoms. The molecule has 7 nitrogen and oxygen atoms in total. The van der Waals surface area contributed by atoms with Gasteiger partial charge in [-0.15, -0.1) is 0 Å². The number of halogens is 1. The van der Waals surface area contributed by atoms with Crippen molar-refractivity contribution in [2.45, 2.75) is 20.0 Å². The number of methoxy groups -OCH3 is 1. The molecule has 1 atom stereocenters. The Hall–Kier alpha value is -3.06. The van der Waals surface area contributed by atoms with Crippen LogP contribution in [0.2, 0.25) is 5.02 Å². The molecule has 1 amide bonds. The molecule has 0 bridgehead atoms. The van der Waals surface area contributed by atoms with E-state index in [1.165, 1.54) is 13.1 Å². The number of fused-ring (bicyclic) bond motifs is 1.